The van der Waals surface area contributed by atoms with Crippen LogP contribution in [0.15, 0.2) is 12.1 Å². The van der Waals surface area contributed by atoms with Crippen molar-refractivity contribution >= 4 is 23.7 Å². The van der Waals surface area contributed by atoms with Gasteiger partial charge in [0, 0.05) is 59.9 Å². The average molecular weight is 535 g/mol. The van der Waals surface area contributed by atoms with Gasteiger partial charge in [0.1, 0.15) is 5.69 Å². The second kappa shape index (κ2) is 13.7. The zero-order valence-electron chi connectivity index (χ0n) is 23.1. The van der Waals surface area contributed by atoms with Crippen LogP contribution in [0.2, 0.25) is 0 Å². The lowest BCUT2D eigenvalue weighted by Gasteiger charge is -2.43. The number of Topliss-reactive ketones (excluding diaryl/α,β-unsaturated/α-hetero) is 1. The highest BCUT2D eigenvalue weighted by Crippen LogP contribution is 2.27. The molecule has 3 heterocycles. The molecule has 0 aliphatic carbocycles. The highest BCUT2D eigenvalue weighted by Gasteiger charge is 2.40. The molecule has 1 aromatic rings. The molecule has 0 aromatic carbocycles. The van der Waals surface area contributed by atoms with Gasteiger partial charge < -0.3 is 33.8 Å². The number of likely N-dealkylation sites (tertiary alicyclic amines) is 1. The van der Waals surface area contributed by atoms with E-state index in [1.807, 2.05) is 13.8 Å². The fourth-order valence-corrected chi connectivity index (χ4v) is 5.33. The number of hydrogen-bond donors (Lipinski definition) is 1. The van der Waals surface area contributed by atoms with E-state index in [0.717, 1.165) is 12.8 Å². The second-order valence-electron chi connectivity index (χ2n) is 10.6. The van der Waals surface area contributed by atoms with Crippen molar-refractivity contribution in [3.63, 3.8) is 0 Å². The number of ether oxygens (including phenoxy) is 2. The Balaban J connectivity index is 1.90. The Kier molecular flexibility index (Phi) is 10.7. The molecule has 0 bridgehead atoms. The van der Waals surface area contributed by atoms with Gasteiger partial charge in [-0.25, -0.2) is 4.79 Å². The summed E-state index contributed by atoms with van der Waals surface area (Å²) in [5.74, 6) is -0.907. The summed E-state index contributed by atoms with van der Waals surface area (Å²) in [6, 6.07) is 2.88. The molecule has 2 aliphatic heterocycles. The molecule has 11 heteroatoms. The van der Waals surface area contributed by atoms with Crippen LogP contribution in [-0.2, 0) is 20.8 Å². The van der Waals surface area contributed by atoms with Crippen molar-refractivity contribution in [1.82, 2.24) is 19.3 Å². The number of ketones is 1. The molecule has 3 amide bonds. The summed E-state index contributed by atoms with van der Waals surface area (Å²) in [5.41, 5.74) is 0.864. The lowest BCUT2D eigenvalue weighted by atomic mass is 9.91. The molecule has 1 N–H and O–H groups in total. The van der Waals surface area contributed by atoms with Gasteiger partial charge >= 0.3 is 6.09 Å². The van der Waals surface area contributed by atoms with Gasteiger partial charge in [-0.1, -0.05) is 13.8 Å². The number of carbonyl (C=O) groups is 4. The molecule has 1 aromatic heterocycles. The van der Waals surface area contributed by atoms with E-state index in [1.165, 1.54) is 11.8 Å². The number of nitrogens with zero attached hydrogens (tertiary/aromatic N) is 4. The fraction of sp³-hybridized carbons (Fsp3) is 0.704. The number of carbonyl (C=O) groups excluding carboxylic acids is 3. The first kappa shape index (κ1) is 29.6. The SMILES string of the molecule is COCCCCn1c(C(C)=O)ccc1C(=O)N(CC(C)C)[C@H]1C[C@@H](C(=O)N2CCOCC2)CN(C(=O)O)C1. The number of unbranched alkanes of at least 4 members (excludes halogenated alkanes) is 1. The summed E-state index contributed by atoms with van der Waals surface area (Å²) >= 11 is 0. The third-order valence-electron chi connectivity index (χ3n) is 7.18. The molecular formula is C27H42N4O7. The Hall–Kier alpha value is -2.92. The summed E-state index contributed by atoms with van der Waals surface area (Å²) in [7, 11) is 1.64. The van der Waals surface area contributed by atoms with Gasteiger partial charge in [0.25, 0.3) is 5.91 Å². The van der Waals surface area contributed by atoms with Crippen LogP contribution in [0.25, 0.3) is 0 Å². The maximum atomic E-state index is 14.1. The third kappa shape index (κ3) is 7.35. The topological polar surface area (TPSA) is 122 Å². The standard InChI is InChI=1S/C27H42N4O7/c1-19(2)16-31(26(34)24-8-7-23(20(3)32)30(24)9-5-6-12-37-4)22-15-21(17-29(18-22)27(35)36)25(33)28-10-13-38-14-11-28/h7-8,19,21-22H,5-6,9-18H2,1-4H3,(H,35,36)/t21-,22+/m1/s1. The number of hydrogen-bond acceptors (Lipinski definition) is 6. The third-order valence-corrected chi connectivity index (χ3v) is 7.18. The molecule has 2 saturated heterocycles. The number of methoxy groups -OCH3 is 1. The largest absolute Gasteiger partial charge is 0.465 e. The Morgan fingerprint density at radius 1 is 1.08 bits per heavy atom. The van der Waals surface area contributed by atoms with E-state index >= 15 is 0 Å². The molecule has 212 valence electrons. The molecule has 0 unspecified atom stereocenters. The molecular weight excluding hydrogens is 492 g/mol. The maximum absolute atomic E-state index is 14.1. The first-order chi connectivity index (χ1) is 18.1. The van der Waals surface area contributed by atoms with Gasteiger partial charge in [0.15, 0.2) is 5.78 Å². The molecule has 11 nitrogen and oxygen atoms in total. The molecule has 2 atom stereocenters. The summed E-state index contributed by atoms with van der Waals surface area (Å²) in [4.78, 5) is 56.5. The number of piperidine rings is 1. The Morgan fingerprint density at radius 2 is 1.76 bits per heavy atom. The minimum absolute atomic E-state index is 0.0958. The number of aromatic nitrogens is 1. The smallest absolute Gasteiger partial charge is 0.407 e. The summed E-state index contributed by atoms with van der Waals surface area (Å²) in [5, 5.41) is 9.86. The normalized spacial score (nSPS) is 20.0. The van der Waals surface area contributed by atoms with E-state index in [1.54, 1.807) is 33.6 Å². The molecule has 0 radical (unpaired) electrons. The van der Waals surface area contributed by atoms with Crippen LogP contribution in [0.1, 0.15) is 61.0 Å². The van der Waals surface area contributed by atoms with Crippen molar-refractivity contribution in [1.29, 1.82) is 0 Å². The van der Waals surface area contributed by atoms with Crippen molar-refractivity contribution in [2.45, 2.75) is 52.6 Å². The van der Waals surface area contributed by atoms with Crippen LogP contribution in [0, 0.1) is 11.8 Å². The highest BCUT2D eigenvalue weighted by atomic mass is 16.5. The van der Waals surface area contributed by atoms with E-state index in [-0.39, 0.29) is 36.6 Å². The van der Waals surface area contributed by atoms with Gasteiger partial charge in [0.2, 0.25) is 5.91 Å². The van der Waals surface area contributed by atoms with Crippen molar-refractivity contribution in [2.24, 2.45) is 11.8 Å². The van der Waals surface area contributed by atoms with Crippen molar-refractivity contribution in [2.75, 3.05) is 59.7 Å². The molecule has 0 saturated carbocycles. The average Bonchev–Trinajstić information content (AvgIpc) is 3.33. The van der Waals surface area contributed by atoms with Gasteiger partial charge in [0.05, 0.1) is 30.9 Å². The summed E-state index contributed by atoms with van der Waals surface area (Å²) < 4.78 is 12.3. The molecule has 0 spiro atoms. The fourth-order valence-electron chi connectivity index (χ4n) is 5.33. The van der Waals surface area contributed by atoms with Gasteiger partial charge in [-0.05, 0) is 37.3 Å². The van der Waals surface area contributed by atoms with E-state index in [9.17, 15) is 24.3 Å². The maximum Gasteiger partial charge on any atom is 0.407 e. The first-order valence-corrected chi connectivity index (χ1v) is 13.5. The van der Waals surface area contributed by atoms with Crippen molar-refractivity contribution in [3.05, 3.63) is 23.5 Å². The lowest BCUT2D eigenvalue weighted by molar-refractivity contribution is -0.142. The second-order valence-corrected chi connectivity index (χ2v) is 10.6. The van der Waals surface area contributed by atoms with Crippen LogP contribution in [0.3, 0.4) is 0 Å². The quantitative estimate of drug-likeness (QED) is 0.342. The van der Waals surface area contributed by atoms with Gasteiger partial charge in [-0.15, -0.1) is 0 Å². The minimum Gasteiger partial charge on any atom is -0.465 e. The van der Waals surface area contributed by atoms with Crippen LogP contribution in [0.5, 0.6) is 0 Å². The van der Waals surface area contributed by atoms with Crippen LogP contribution >= 0.6 is 0 Å². The summed E-state index contributed by atoms with van der Waals surface area (Å²) in [6.45, 7) is 9.08. The van der Waals surface area contributed by atoms with E-state index in [4.69, 9.17) is 9.47 Å². The zero-order valence-corrected chi connectivity index (χ0v) is 23.1. The number of morpholine rings is 1. The van der Waals surface area contributed by atoms with Crippen LogP contribution < -0.4 is 0 Å². The van der Waals surface area contributed by atoms with Gasteiger partial charge in [-0.3, -0.25) is 14.4 Å². The number of rotatable bonds is 11. The number of carboxylic acid groups (broad SMARTS) is 1. The highest BCUT2D eigenvalue weighted by molar-refractivity contribution is 5.98. The Bertz CT molecular complexity index is 986. The Labute approximate surface area is 224 Å². The lowest BCUT2D eigenvalue weighted by Crippen LogP contribution is -2.58. The molecule has 38 heavy (non-hydrogen) atoms. The number of amides is 3. The van der Waals surface area contributed by atoms with Crippen molar-refractivity contribution < 1.29 is 33.8 Å². The predicted molar refractivity (Wildman–Crippen MR) is 140 cm³/mol. The predicted octanol–water partition coefficient (Wildman–Crippen LogP) is 2.44. The minimum atomic E-state index is -1.10. The summed E-state index contributed by atoms with van der Waals surface area (Å²) in [6.07, 6.45) is 0.801. The van der Waals surface area contributed by atoms with E-state index < -0.39 is 18.1 Å². The molecule has 2 fully saturated rings. The van der Waals surface area contributed by atoms with E-state index in [2.05, 4.69) is 0 Å². The van der Waals surface area contributed by atoms with Crippen molar-refractivity contribution in [3.8, 4) is 0 Å². The molecule has 3 rings (SSSR count). The van der Waals surface area contributed by atoms with Crippen LogP contribution in [-0.4, -0.2) is 114 Å². The van der Waals surface area contributed by atoms with Gasteiger partial charge in [-0.2, -0.15) is 0 Å². The Morgan fingerprint density at radius 3 is 2.37 bits per heavy atom. The van der Waals surface area contributed by atoms with E-state index in [0.29, 0.717) is 63.8 Å². The van der Waals surface area contributed by atoms with Crippen LogP contribution in [0.4, 0.5) is 4.79 Å². The monoisotopic (exact) mass is 534 g/mol. The zero-order chi connectivity index (χ0) is 27.8. The first-order valence-electron chi connectivity index (χ1n) is 13.5. The molecule has 2 aliphatic rings.